The Labute approximate surface area is 173 Å². The number of hydrogen-bond donors (Lipinski definition) is 2. The van der Waals surface area contributed by atoms with Crippen LogP contribution in [0.15, 0.2) is 30.6 Å². The minimum Gasteiger partial charge on any atom is -0.496 e. The van der Waals surface area contributed by atoms with Crippen molar-refractivity contribution < 1.29 is 28.6 Å². The van der Waals surface area contributed by atoms with Gasteiger partial charge in [0.2, 0.25) is 0 Å². The molecule has 160 valence electrons. The number of benzene rings is 1. The fraction of sp³-hybridized carbons (Fsp3) is 0.400. The maximum atomic E-state index is 13.2. The van der Waals surface area contributed by atoms with Crippen molar-refractivity contribution in [3.8, 4) is 5.75 Å². The van der Waals surface area contributed by atoms with Gasteiger partial charge in [0.25, 0.3) is 0 Å². The predicted octanol–water partition coefficient (Wildman–Crippen LogP) is 1.18. The van der Waals surface area contributed by atoms with Crippen LogP contribution in [-0.4, -0.2) is 66.8 Å². The first-order chi connectivity index (χ1) is 14.5. The van der Waals surface area contributed by atoms with Gasteiger partial charge in [-0.3, -0.25) is 4.79 Å². The van der Waals surface area contributed by atoms with Crippen LogP contribution in [0.25, 0.3) is 0 Å². The lowest BCUT2D eigenvalue weighted by molar-refractivity contribution is -0.149. The number of fused-ring (bicyclic) bond motifs is 1. The van der Waals surface area contributed by atoms with E-state index in [-0.39, 0.29) is 6.42 Å². The Morgan fingerprint density at radius 1 is 1.23 bits per heavy atom. The number of nitrogens with one attached hydrogen (secondary N) is 2. The van der Waals surface area contributed by atoms with Crippen LogP contribution in [0.1, 0.15) is 29.4 Å². The summed E-state index contributed by atoms with van der Waals surface area (Å²) in [6, 6.07) is 5.12. The van der Waals surface area contributed by atoms with Gasteiger partial charge in [-0.25, -0.2) is 14.6 Å². The Morgan fingerprint density at radius 2 is 2.00 bits per heavy atom. The molecule has 1 aromatic heterocycles. The largest absolute Gasteiger partial charge is 0.496 e. The highest BCUT2D eigenvalue weighted by Gasteiger charge is 2.37. The standard InChI is InChI=1S/C20H24N4O6/c1-28-15-7-5-4-6-12(15)18-17-13(21-11-22-17)8-9-24(18)20(27)23-14(19(26)30-3)10-16(25)29-2/h4-7,11,14,18H,8-10H2,1-3H3,(H,21,22)(H,23,27)/t14-,18+/m0/s1. The molecule has 2 amide bonds. The van der Waals surface area contributed by atoms with Gasteiger partial charge in [0.1, 0.15) is 17.8 Å². The molecule has 0 fully saturated rings. The van der Waals surface area contributed by atoms with E-state index in [9.17, 15) is 14.4 Å². The number of aromatic amines is 1. The second-order valence-corrected chi connectivity index (χ2v) is 6.66. The molecule has 0 saturated heterocycles. The van der Waals surface area contributed by atoms with Gasteiger partial charge in [0.15, 0.2) is 0 Å². The third-order valence-corrected chi connectivity index (χ3v) is 5.00. The number of ether oxygens (including phenoxy) is 3. The summed E-state index contributed by atoms with van der Waals surface area (Å²) in [5.74, 6) is -0.768. The van der Waals surface area contributed by atoms with Crippen molar-refractivity contribution in [3.05, 3.63) is 47.5 Å². The van der Waals surface area contributed by atoms with Crippen molar-refractivity contribution in [2.24, 2.45) is 0 Å². The topological polar surface area (TPSA) is 123 Å². The van der Waals surface area contributed by atoms with Crippen LogP contribution in [0.4, 0.5) is 4.79 Å². The zero-order chi connectivity index (χ0) is 21.7. The van der Waals surface area contributed by atoms with Crippen LogP contribution >= 0.6 is 0 Å². The van der Waals surface area contributed by atoms with Gasteiger partial charge < -0.3 is 29.4 Å². The van der Waals surface area contributed by atoms with Gasteiger partial charge in [-0.1, -0.05) is 18.2 Å². The molecule has 1 aromatic carbocycles. The third kappa shape index (κ3) is 4.22. The summed E-state index contributed by atoms with van der Waals surface area (Å²) in [7, 11) is 3.95. The van der Waals surface area contributed by atoms with Gasteiger partial charge in [0.05, 0.1) is 39.8 Å². The fourth-order valence-electron chi connectivity index (χ4n) is 3.52. The maximum absolute atomic E-state index is 13.2. The van der Waals surface area contributed by atoms with E-state index < -0.39 is 30.1 Å². The molecule has 30 heavy (non-hydrogen) atoms. The first kappa shape index (κ1) is 21.2. The van der Waals surface area contributed by atoms with Gasteiger partial charge in [0, 0.05) is 24.2 Å². The molecule has 0 saturated carbocycles. The highest BCUT2D eigenvalue weighted by atomic mass is 16.5. The third-order valence-electron chi connectivity index (χ3n) is 5.00. The van der Waals surface area contributed by atoms with E-state index in [4.69, 9.17) is 9.47 Å². The molecule has 0 spiro atoms. The Hall–Kier alpha value is -3.56. The van der Waals surface area contributed by atoms with Crippen molar-refractivity contribution >= 4 is 18.0 Å². The van der Waals surface area contributed by atoms with E-state index in [2.05, 4.69) is 20.0 Å². The Bertz CT molecular complexity index is 928. The van der Waals surface area contributed by atoms with E-state index in [0.29, 0.717) is 24.4 Å². The average Bonchev–Trinajstić information content (AvgIpc) is 3.26. The molecule has 0 radical (unpaired) electrons. The molecule has 0 aliphatic carbocycles. The number of rotatable bonds is 6. The Kier molecular flexibility index (Phi) is 6.55. The lowest BCUT2D eigenvalue weighted by Crippen LogP contribution is -2.52. The normalized spacial score (nSPS) is 16.2. The summed E-state index contributed by atoms with van der Waals surface area (Å²) in [6.07, 6.45) is 1.81. The highest BCUT2D eigenvalue weighted by molar-refractivity contribution is 5.87. The van der Waals surface area contributed by atoms with Crippen molar-refractivity contribution in [3.63, 3.8) is 0 Å². The summed E-state index contributed by atoms with van der Waals surface area (Å²) in [5, 5.41) is 2.60. The molecule has 10 nitrogen and oxygen atoms in total. The Balaban J connectivity index is 1.93. The number of carbonyl (C=O) groups is 3. The van der Waals surface area contributed by atoms with Crippen LogP contribution < -0.4 is 10.1 Å². The number of amides is 2. The number of urea groups is 1. The first-order valence-electron chi connectivity index (χ1n) is 9.37. The SMILES string of the molecule is COC(=O)C[C@H](NC(=O)N1CCc2[nH]cnc2[C@H]1c1ccccc1OC)C(=O)OC. The molecule has 2 atom stereocenters. The second kappa shape index (κ2) is 9.29. The average molecular weight is 416 g/mol. The molecule has 0 unspecified atom stereocenters. The number of H-pyrrole nitrogens is 1. The molecule has 2 N–H and O–H groups in total. The molecule has 10 heteroatoms. The van der Waals surface area contributed by atoms with Gasteiger partial charge >= 0.3 is 18.0 Å². The Morgan fingerprint density at radius 3 is 2.70 bits per heavy atom. The zero-order valence-electron chi connectivity index (χ0n) is 17.0. The summed E-state index contributed by atoms with van der Waals surface area (Å²) in [6.45, 7) is 0.371. The van der Waals surface area contributed by atoms with E-state index >= 15 is 0 Å². The van der Waals surface area contributed by atoms with Crippen LogP contribution in [0.2, 0.25) is 0 Å². The van der Waals surface area contributed by atoms with E-state index in [0.717, 1.165) is 11.3 Å². The van der Waals surface area contributed by atoms with Gasteiger partial charge in [-0.05, 0) is 6.07 Å². The van der Waals surface area contributed by atoms with Crippen LogP contribution in [-0.2, 0) is 25.5 Å². The predicted molar refractivity (Wildman–Crippen MR) is 105 cm³/mol. The van der Waals surface area contributed by atoms with Crippen molar-refractivity contribution in [1.82, 2.24) is 20.2 Å². The van der Waals surface area contributed by atoms with Crippen molar-refractivity contribution in [1.29, 1.82) is 0 Å². The van der Waals surface area contributed by atoms with Gasteiger partial charge in [-0.2, -0.15) is 0 Å². The number of aromatic nitrogens is 2. The number of para-hydroxylation sites is 1. The van der Waals surface area contributed by atoms with Crippen LogP contribution in [0.5, 0.6) is 5.75 Å². The fourth-order valence-corrected chi connectivity index (χ4v) is 3.52. The number of hydrogen-bond acceptors (Lipinski definition) is 7. The molecular formula is C20H24N4O6. The molecule has 2 heterocycles. The van der Waals surface area contributed by atoms with E-state index in [1.807, 2.05) is 18.2 Å². The second-order valence-electron chi connectivity index (χ2n) is 6.66. The minimum absolute atomic E-state index is 0.338. The zero-order valence-corrected chi connectivity index (χ0v) is 17.0. The lowest BCUT2D eigenvalue weighted by atomic mass is 9.95. The molecule has 1 aliphatic rings. The number of methoxy groups -OCH3 is 3. The number of esters is 2. The summed E-state index contributed by atoms with van der Waals surface area (Å²) < 4.78 is 14.8. The van der Waals surface area contributed by atoms with Crippen LogP contribution in [0, 0.1) is 0 Å². The summed E-state index contributed by atoms with van der Waals surface area (Å²) in [4.78, 5) is 46.0. The summed E-state index contributed by atoms with van der Waals surface area (Å²) in [5.41, 5.74) is 2.38. The highest BCUT2D eigenvalue weighted by Crippen LogP contribution is 2.37. The molecule has 1 aliphatic heterocycles. The smallest absolute Gasteiger partial charge is 0.329 e. The van der Waals surface area contributed by atoms with Crippen LogP contribution in [0.3, 0.4) is 0 Å². The number of nitrogens with zero attached hydrogens (tertiary/aromatic N) is 2. The van der Waals surface area contributed by atoms with E-state index in [1.54, 1.807) is 24.4 Å². The molecule has 0 bridgehead atoms. The number of imidazole rings is 1. The quantitative estimate of drug-likeness (QED) is 0.678. The van der Waals surface area contributed by atoms with Crippen molar-refractivity contribution in [2.75, 3.05) is 27.9 Å². The molecule has 2 aromatic rings. The molecule has 3 rings (SSSR count). The first-order valence-corrected chi connectivity index (χ1v) is 9.37. The van der Waals surface area contributed by atoms with E-state index in [1.165, 1.54) is 14.2 Å². The monoisotopic (exact) mass is 416 g/mol. The molecular weight excluding hydrogens is 392 g/mol. The van der Waals surface area contributed by atoms with Gasteiger partial charge in [-0.15, -0.1) is 0 Å². The number of carbonyl (C=O) groups excluding carboxylic acids is 3. The maximum Gasteiger partial charge on any atom is 0.329 e. The summed E-state index contributed by atoms with van der Waals surface area (Å²) >= 11 is 0. The van der Waals surface area contributed by atoms with Crippen molar-refractivity contribution in [2.45, 2.75) is 24.9 Å². The lowest BCUT2D eigenvalue weighted by Gasteiger charge is -2.36. The minimum atomic E-state index is -1.17.